The first-order valence-corrected chi connectivity index (χ1v) is 13.0. The number of carbonyl (C=O) groups is 1. The number of halogens is 1. The largest absolute Gasteiger partial charge is 0.364 e. The lowest BCUT2D eigenvalue weighted by Gasteiger charge is -2.30. The molecule has 2 unspecified atom stereocenters. The lowest BCUT2D eigenvalue weighted by atomic mass is 9.76. The third-order valence-corrected chi connectivity index (χ3v) is 8.12. The number of ketones is 1. The van der Waals surface area contributed by atoms with E-state index in [-0.39, 0.29) is 17.6 Å². The monoisotopic (exact) mass is 519 g/mol. The van der Waals surface area contributed by atoms with E-state index < -0.39 is 0 Å². The minimum Gasteiger partial charge on any atom is -0.364 e. The second-order valence-electron chi connectivity index (χ2n) is 9.40. The van der Waals surface area contributed by atoms with Crippen molar-refractivity contribution in [2.75, 3.05) is 0 Å². The maximum absolute atomic E-state index is 13.7. The molecule has 0 amide bonds. The molecule has 0 fully saturated rings. The van der Waals surface area contributed by atoms with Gasteiger partial charge < -0.3 is 5.32 Å². The van der Waals surface area contributed by atoms with Crippen LogP contribution in [-0.4, -0.2) is 5.78 Å². The first kappa shape index (κ1) is 22.1. The Morgan fingerprint density at radius 1 is 0.914 bits per heavy atom. The van der Waals surface area contributed by atoms with Gasteiger partial charge in [-0.25, -0.2) is 0 Å². The molecule has 3 aromatic carbocycles. The summed E-state index contributed by atoms with van der Waals surface area (Å²) in [6.45, 7) is 0. The van der Waals surface area contributed by atoms with Gasteiger partial charge in [0.1, 0.15) is 5.78 Å². The van der Waals surface area contributed by atoms with Gasteiger partial charge in [-0.05, 0) is 69.3 Å². The van der Waals surface area contributed by atoms with Crippen LogP contribution in [0.4, 0.5) is 0 Å². The van der Waals surface area contributed by atoms with Gasteiger partial charge in [-0.2, -0.15) is 0 Å². The molecule has 0 bridgehead atoms. The van der Waals surface area contributed by atoms with Gasteiger partial charge in [-0.15, -0.1) is 0 Å². The lowest BCUT2D eigenvalue weighted by molar-refractivity contribution is -0.120. The third kappa shape index (κ3) is 4.15. The van der Waals surface area contributed by atoms with E-state index in [2.05, 4.69) is 81.9 Å². The molecule has 0 aromatic heterocycles. The van der Waals surface area contributed by atoms with Gasteiger partial charge >= 0.3 is 0 Å². The fraction of sp³-hybridized carbons (Fsp3) is 0.156. The zero-order valence-electron chi connectivity index (χ0n) is 19.4. The topological polar surface area (TPSA) is 29.1 Å². The standard InChI is InChI=1S/C32H26BrNO/c33-30-11-6-4-9-22(30)20-32(35)23-18-28-26-14-13-21-8-3-5-10-24(21)25(26)15-16-27(28)29(19-23)31-12-2-1-7-17-34-31/h1-12,14-18,23,29,34H,13,19-20H2. The number of nitrogens with one attached hydrogen (secondary N) is 1. The molecule has 1 N–H and O–H groups in total. The van der Waals surface area contributed by atoms with Crippen LogP contribution in [0.25, 0.3) is 23.3 Å². The molecule has 1 heterocycles. The summed E-state index contributed by atoms with van der Waals surface area (Å²) in [4.78, 5) is 13.7. The van der Waals surface area contributed by atoms with Gasteiger partial charge in [0.15, 0.2) is 0 Å². The summed E-state index contributed by atoms with van der Waals surface area (Å²) < 4.78 is 0.992. The van der Waals surface area contributed by atoms with Crippen molar-refractivity contribution in [1.29, 1.82) is 0 Å². The number of Topliss-reactive ketones (excluding diaryl/α,β-unsaturated/α-hetero) is 1. The van der Waals surface area contributed by atoms with Gasteiger partial charge in [0.2, 0.25) is 0 Å². The van der Waals surface area contributed by atoms with Gasteiger partial charge in [0.25, 0.3) is 0 Å². The zero-order valence-corrected chi connectivity index (χ0v) is 21.0. The number of hydrogen-bond donors (Lipinski definition) is 1. The fourth-order valence-electron chi connectivity index (χ4n) is 5.59. The van der Waals surface area contributed by atoms with Crippen LogP contribution in [0.1, 0.15) is 29.0 Å². The van der Waals surface area contributed by atoms with Crippen molar-refractivity contribution in [2.24, 2.45) is 5.92 Å². The summed E-state index contributed by atoms with van der Waals surface area (Å²) in [7, 11) is 0. The molecule has 35 heavy (non-hydrogen) atoms. The maximum Gasteiger partial charge on any atom is 0.144 e. The molecule has 172 valence electrons. The lowest BCUT2D eigenvalue weighted by Crippen LogP contribution is -2.40. The Morgan fingerprint density at radius 3 is 2.69 bits per heavy atom. The summed E-state index contributed by atoms with van der Waals surface area (Å²) in [5.74, 6) is 0.253. The van der Waals surface area contributed by atoms with Crippen molar-refractivity contribution in [1.82, 2.24) is 5.32 Å². The van der Waals surface area contributed by atoms with Crippen molar-refractivity contribution in [2.45, 2.75) is 25.2 Å². The molecule has 2 nitrogen and oxygen atoms in total. The Balaban J connectivity index is 1.49. The summed E-state index contributed by atoms with van der Waals surface area (Å²) in [5.41, 5.74) is 7.41. The number of carbonyl (C=O) groups excluding carboxylic acids is 1. The molecule has 0 radical (unpaired) electrons. The van der Waals surface area contributed by atoms with Gasteiger partial charge in [0.05, 0.1) is 0 Å². The minimum absolute atomic E-state index is 0.131. The number of hydrogen-bond acceptors (Lipinski definition) is 2. The smallest absolute Gasteiger partial charge is 0.144 e. The molecular weight excluding hydrogens is 494 g/mol. The molecular formula is C32H26BrNO. The molecule has 1 aliphatic heterocycles. The first-order chi connectivity index (χ1) is 17.2. The maximum atomic E-state index is 13.7. The zero-order chi connectivity index (χ0) is 23.8. The number of rotatable bonds is 4. The quantitative estimate of drug-likeness (QED) is 0.478. The van der Waals surface area contributed by atoms with Gasteiger partial charge in [-0.1, -0.05) is 94.8 Å². The Morgan fingerprint density at radius 2 is 1.77 bits per heavy atom. The predicted molar refractivity (Wildman–Crippen MR) is 147 cm³/mol. The average Bonchev–Trinajstić information content (AvgIpc) is 3.18. The molecule has 0 saturated heterocycles. The van der Waals surface area contributed by atoms with E-state index in [1.165, 1.54) is 32.7 Å². The van der Waals surface area contributed by atoms with Crippen molar-refractivity contribution >= 4 is 33.9 Å². The van der Waals surface area contributed by atoms with E-state index in [1.807, 2.05) is 42.6 Å². The van der Waals surface area contributed by atoms with Gasteiger partial charge in [-0.3, -0.25) is 4.79 Å². The van der Waals surface area contributed by atoms with Crippen LogP contribution in [0.2, 0.25) is 0 Å². The Labute approximate surface area is 214 Å². The van der Waals surface area contributed by atoms with Gasteiger partial charge in [0, 0.05) is 34.6 Å². The van der Waals surface area contributed by atoms with E-state index >= 15 is 0 Å². The third-order valence-electron chi connectivity index (χ3n) is 7.34. The number of fused-ring (bicyclic) bond motifs is 5. The molecule has 3 aromatic rings. The first-order valence-electron chi connectivity index (χ1n) is 12.2. The summed E-state index contributed by atoms with van der Waals surface area (Å²) in [5, 5.41) is 5.97. The number of benzene rings is 3. The predicted octanol–water partition coefficient (Wildman–Crippen LogP) is 5.71. The second-order valence-corrected chi connectivity index (χ2v) is 10.3. The van der Waals surface area contributed by atoms with Crippen LogP contribution in [-0.2, 0) is 17.6 Å². The van der Waals surface area contributed by atoms with E-state index in [1.54, 1.807) is 0 Å². The molecule has 3 aliphatic rings. The van der Waals surface area contributed by atoms with Crippen LogP contribution < -0.4 is 15.8 Å². The molecule has 2 aliphatic carbocycles. The molecule has 3 heteroatoms. The average molecular weight is 520 g/mol. The molecule has 6 rings (SSSR count). The van der Waals surface area contributed by atoms with Crippen LogP contribution in [0.15, 0.2) is 101 Å². The van der Waals surface area contributed by atoms with Crippen molar-refractivity contribution in [3.8, 4) is 11.1 Å². The molecule has 2 atom stereocenters. The van der Waals surface area contributed by atoms with Crippen LogP contribution in [0.3, 0.4) is 0 Å². The highest BCUT2D eigenvalue weighted by Gasteiger charge is 2.30. The van der Waals surface area contributed by atoms with E-state index in [4.69, 9.17) is 0 Å². The minimum atomic E-state index is -0.143. The highest BCUT2D eigenvalue weighted by molar-refractivity contribution is 9.10. The Bertz CT molecular complexity index is 1540. The summed E-state index contributed by atoms with van der Waals surface area (Å²) in [6.07, 6.45) is 16.9. The van der Waals surface area contributed by atoms with Crippen LogP contribution in [0.5, 0.6) is 0 Å². The Hall–Kier alpha value is -3.43. The molecule has 0 saturated carbocycles. The SMILES string of the molecule is O=C(Cc1ccccc1Br)C1C=c2c(ccc3c2=CCc2ccccc2-3)C(C2=CC=CC=CN2)C1. The highest BCUT2D eigenvalue weighted by Crippen LogP contribution is 2.35. The Kier molecular flexibility index (Phi) is 5.87. The van der Waals surface area contributed by atoms with Crippen LogP contribution in [0, 0.1) is 5.92 Å². The summed E-state index contributed by atoms with van der Waals surface area (Å²) >= 11 is 3.62. The van der Waals surface area contributed by atoms with E-state index in [9.17, 15) is 4.79 Å². The van der Waals surface area contributed by atoms with E-state index in [0.717, 1.165) is 28.6 Å². The van der Waals surface area contributed by atoms with Crippen molar-refractivity contribution < 1.29 is 4.79 Å². The second kappa shape index (κ2) is 9.31. The highest BCUT2D eigenvalue weighted by atomic mass is 79.9. The summed E-state index contributed by atoms with van der Waals surface area (Å²) in [6, 6.07) is 21.2. The van der Waals surface area contributed by atoms with Crippen molar-refractivity contribution in [3.05, 3.63) is 128 Å². The van der Waals surface area contributed by atoms with E-state index in [0.29, 0.717) is 6.42 Å². The normalized spacial score (nSPS) is 19.6. The fourth-order valence-corrected chi connectivity index (χ4v) is 6.01. The van der Waals surface area contributed by atoms with Crippen LogP contribution >= 0.6 is 15.9 Å². The molecule has 0 spiro atoms. The number of allylic oxidation sites excluding steroid dienone is 5. The van der Waals surface area contributed by atoms with Crippen molar-refractivity contribution in [3.63, 3.8) is 0 Å².